The molecule has 0 amide bonds. The lowest BCUT2D eigenvalue weighted by atomic mass is 10.1. The summed E-state index contributed by atoms with van der Waals surface area (Å²) in [6, 6.07) is 9.53. The number of benzene rings is 1. The van der Waals surface area contributed by atoms with E-state index in [2.05, 4.69) is 4.98 Å². The summed E-state index contributed by atoms with van der Waals surface area (Å²) in [6.07, 6.45) is 4.45. The first kappa shape index (κ1) is 18.1. The molecule has 6 heteroatoms. The highest BCUT2D eigenvalue weighted by molar-refractivity contribution is 6.19. The van der Waals surface area contributed by atoms with Gasteiger partial charge >= 0.3 is 11.9 Å². The molecule has 0 aliphatic rings. The lowest BCUT2D eigenvalue weighted by molar-refractivity contribution is -0.139. The molecule has 0 saturated carbocycles. The molecule has 0 saturated heterocycles. The molecule has 0 atom stereocenters. The molecule has 0 N–H and O–H groups in total. The van der Waals surface area contributed by atoms with Crippen molar-refractivity contribution in [3.63, 3.8) is 0 Å². The predicted octanol–water partition coefficient (Wildman–Crippen LogP) is 2.84. The molecule has 0 aliphatic heterocycles. The van der Waals surface area contributed by atoms with Gasteiger partial charge in [0.2, 0.25) is 0 Å². The Morgan fingerprint density at radius 2 is 1.68 bits per heavy atom. The zero-order chi connectivity index (χ0) is 18.2. The van der Waals surface area contributed by atoms with Crippen molar-refractivity contribution in [2.24, 2.45) is 0 Å². The van der Waals surface area contributed by atoms with Gasteiger partial charge in [0.25, 0.3) is 0 Å². The van der Waals surface area contributed by atoms with Crippen molar-refractivity contribution >= 4 is 23.8 Å². The van der Waals surface area contributed by atoms with Gasteiger partial charge < -0.3 is 9.47 Å². The SMILES string of the molecule is CCOC(=O)/C(=C/c1ccc(OC(=O)c2ccncc2)cc1)C(C)=O. The van der Waals surface area contributed by atoms with Crippen LogP contribution in [-0.2, 0) is 14.3 Å². The molecule has 2 aromatic rings. The van der Waals surface area contributed by atoms with E-state index in [1.165, 1.54) is 25.4 Å². The van der Waals surface area contributed by atoms with E-state index in [4.69, 9.17) is 9.47 Å². The van der Waals surface area contributed by atoms with E-state index in [1.54, 1.807) is 43.3 Å². The summed E-state index contributed by atoms with van der Waals surface area (Å²) < 4.78 is 10.1. The average molecular weight is 339 g/mol. The number of pyridine rings is 1. The lowest BCUT2D eigenvalue weighted by Gasteiger charge is -2.06. The molecule has 1 aromatic heterocycles. The van der Waals surface area contributed by atoms with Crippen molar-refractivity contribution in [2.45, 2.75) is 13.8 Å². The van der Waals surface area contributed by atoms with Crippen LogP contribution < -0.4 is 4.74 Å². The molecule has 6 nitrogen and oxygen atoms in total. The second kappa shape index (κ2) is 8.54. The summed E-state index contributed by atoms with van der Waals surface area (Å²) in [5, 5.41) is 0. The van der Waals surface area contributed by atoms with Crippen LogP contribution in [0.15, 0.2) is 54.4 Å². The number of carbonyl (C=O) groups excluding carboxylic acids is 3. The Morgan fingerprint density at radius 1 is 1.04 bits per heavy atom. The van der Waals surface area contributed by atoms with Crippen molar-refractivity contribution in [2.75, 3.05) is 6.61 Å². The van der Waals surface area contributed by atoms with Gasteiger partial charge in [-0.25, -0.2) is 9.59 Å². The molecule has 1 heterocycles. The molecular weight excluding hydrogens is 322 g/mol. The van der Waals surface area contributed by atoms with Crippen LogP contribution in [0, 0.1) is 0 Å². The van der Waals surface area contributed by atoms with E-state index < -0.39 is 11.9 Å². The normalized spacial score (nSPS) is 10.9. The van der Waals surface area contributed by atoms with Crippen LogP contribution in [0.3, 0.4) is 0 Å². The highest BCUT2D eigenvalue weighted by Crippen LogP contribution is 2.17. The molecule has 1 aromatic carbocycles. The number of ketones is 1. The zero-order valence-electron chi connectivity index (χ0n) is 13.9. The number of nitrogens with zero attached hydrogens (tertiary/aromatic N) is 1. The molecule has 25 heavy (non-hydrogen) atoms. The van der Waals surface area contributed by atoms with Gasteiger partial charge in [-0.3, -0.25) is 9.78 Å². The third-order valence-electron chi connectivity index (χ3n) is 3.19. The van der Waals surface area contributed by atoms with Gasteiger partial charge in [-0.1, -0.05) is 12.1 Å². The van der Waals surface area contributed by atoms with Crippen LogP contribution in [0.2, 0.25) is 0 Å². The highest BCUT2D eigenvalue weighted by atomic mass is 16.5. The van der Waals surface area contributed by atoms with E-state index in [0.717, 1.165) is 0 Å². The van der Waals surface area contributed by atoms with Gasteiger partial charge in [0.15, 0.2) is 5.78 Å². The maximum absolute atomic E-state index is 12.0. The Balaban J connectivity index is 2.13. The minimum absolute atomic E-state index is 0.0385. The molecule has 0 spiro atoms. The molecule has 0 fully saturated rings. The largest absolute Gasteiger partial charge is 0.462 e. The second-order valence-corrected chi connectivity index (χ2v) is 5.03. The summed E-state index contributed by atoms with van der Waals surface area (Å²) in [6.45, 7) is 3.16. The van der Waals surface area contributed by atoms with Crippen LogP contribution in [0.25, 0.3) is 6.08 Å². The van der Waals surface area contributed by atoms with Crippen LogP contribution >= 0.6 is 0 Å². The molecule has 0 aliphatic carbocycles. The number of Topliss-reactive ketones (excluding diaryl/α,β-unsaturated/α-hetero) is 1. The lowest BCUT2D eigenvalue weighted by Crippen LogP contribution is -2.13. The van der Waals surface area contributed by atoms with Crippen molar-refractivity contribution in [1.82, 2.24) is 4.98 Å². The molecule has 128 valence electrons. The Hall–Kier alpha value is -3.28. The van der Waals surface area contributed by atoms with Gasteiger partial charge in [-0.05, 0) is 49.8 Å². The first-order chi connectivity index (χ1) is 12.0. The monoisotopic (exact) mass is 339 g/mol. The zero-order valence-corrected chi connectivity index (χ0v) is 13.9. The van der Waals surface area contributed by atoms with E-state index >= 15 is 0 Å². The predicted molar refractivity (Wildman–Crippen MR) is 90.9 cm³/mol. The van der Waals surface area contributed by atoms with Gasteiger partial charge in [-0.2, -0.15) is 0 Å². The average Bonchev–Trinajstić information content (AvgIpc) is 2.61. The summed E-state index contributed by atoms with van der Waals surface area (Å²) >= 11 is 0. The van der Waals surface area contributed by atoms with Gasteiger partial charge in [0, 0.05) is 12.4 Å². The van der Waals surface area contributed by atoms with Crippen LogP contribution in [0.5, 0.6) is 5.75 Å². The molecule has 2 rings (SSSR count). The topological polar surface area (TPSA) is 82.6 Å². The van der Waals surface area contributed by atoms with Crippen molar-refractivity contribution in [3.05, 3.63) is 65.5 Å². The second-order valence-electron chi connectivity index (χ2n) is 5.03. The third kappa shape index (κ3) is 5.10. The molecule has 0 unspecified atom stereocenters. The van der Waals surface area contributed by atoms with Gasteiger partial charge in [0.05, 0.1) is 12.2 Å². The number of ether oxygens (including phenoxy) is 2. The third-order valence-corrected chi connectivity index (χ3v) is 3.19. The fraction of sp³-hybridized carbons (Fsp3) is 0.158. The van der Waals surface area contributed by atoms with Gasteiger partial charge in [-0.15, -0.1) is 0 Å². The number of carbonyl (C=O) groups is 3. The van der Waals surface area contributed by atoms with Crippen LogP contribution in [0.4, 0.5) is 0 Å². The summed E-state index contributed by atoms with van der Waals surface area (Å²) in [5.74, 6) is -1.20. The number of rotatable bonds is 6. The minimum atomic E-state index is -0.664. The highest BCUT2D eigenvalue weighted by Gasteiger charge is 2.15. The van der Waals surface area contributed by atoms with Crippen LogP contribution in [-0.4, -0.2) is 29.3 Å². The number of esters is 2. The van der Waals surface area contributed by atoms with Crippen molar-refractivity contribution in [3.8, 4) is 5.75 Å². The van der Waals surface area contributed by atoms with Crippen LogP contribution in [0.1, 0.15) is 29.8 Å². The number of aromatic nitrogens is 1. The minimum Gasteiger partial charge on any atom is -0.462 e. The number of hydrogen-bond acceptors (Lipinski definition) is 6. The maximum Gasteiger partial charge on any atom is 0.343 e. The smallest absolute Gasteiger partial charge is 0.343 e. The fourth-order valence-corrected chi connectivity index (χ4v) is 1.97. The maximum atomic E-state index is 12.0. The first-order valence-electron chi connectivity index (χ1n) is 7.63. The molecule has 0 radical (unpaired) electrons. The first-order valence-corrected chi connectivity index (χ1v) is 7.63. The van der Waals surface area contributed by atoms with E-state index in [0.29, 0.717) is 16.9 Å². The number of hydrogen-bond donors (Lipinski definition) is 0. The molecular formula is C19H17NO5. The van der Waals surface area contributed by atoms with E-state index in [-0.39, 0.29) is 18.0 Å². The van der Waals surface area contributed by atoms with Gasteiger partial charge in [0.1, 0.15) is 11.3 Å². The fourth-order valence-electron chi connectivity index (χ4n) is 1.97. The van der Waals surface area contributed by atoms with Crippen molar-refractivity contribution in [1.29, 1.82) is 0 Å². The Bertz CT molecular complexity index is 794. The summed E-state index contributed by atoms with van der Waals surface area (Å²) in [7, 11) is 0. The van der Waals surface area contributed by atoms with E-state index in [1.807, 2.05) is 0 Å². The Kier molecular flexibility index (Phi) is 6.17. The Labute approximate surface area is 145 Å². The quantitative estimate of drug-likeness (QED) is 0.265. The summed E-state index contributed by atoms with van der Waals surface area (Å²) in [4.78, 5) is 39.2. The standard InChI is InChI=1S/C19H17NO5/c1-3-24-19(23)17(13(2)21)12-14-4-6-16(7-5-14)25-18(22)15-8-10-20-11-9-15/h4-12H,3H2,1-2H3/b17-12+. The summed E-state index contributed by atoms with van der Waals surface area (Å²) in [5.41, 5.74) is 0.963. The Morgan fingerprint density at radius 3 is 2.24 bits per heavy atom. The van der Waals surface area contributed by atoms with Crippen molar-refractivity contribution < 1.29 is 23.9 Å². The molecule has 0 bridgehead atoms. The van der Waals surface area contributed by atoms with E-state index in [9.17, 15) is 14.4 Å².